The summed E-state index contributed by atoms with van der Waals surface area (Å²) >= 11 is 12.8. The van der Waals surface area contributed by atoms with Crippen molar-refractivity contribution in [3.8, 4) is 0 Å². The Hall–Kier alpha value is -1.69. The van der Waals surface area contributed by atoms with E-state index < -0.39 is 0 Å². The molecule has 0 aliphatic rings. The maximum Gasteiger partial charge on any atom is 0.283 e. The van der Waals surface area contributed by atoms with E-state index in [-0.39, 0.29) is 17.1 Å². The average Bonchev–Trinajstić information content (AvgIpc) is 2.59. The molecule has 0 fully saturated rings. The lowest BCUT2D eigenvalue weighted by atomic mass is 10.1. The summed E-state index contributed by atoms with van der Waals surface area (Å²) in [6, 6.07) is 10.6. The van der Waals surface area contributed by atoms with Crippen molar-refractivity contribution in [3.63, 3.8) is 0 Å². The number of anilines is 2. The molecular weight excluding hydrogens is 391 g/mol. The van der Waals surface area contributed by atoms with Crippen molar-refractivity contribution in [3.05, 3.63) is 57.6 Å². The molecule has 0 radical (unpaired) electrons. The number of hydrogen-bond acceptors (Lipinski definition) is 3. The molecule has 2 amide bonds. The minimum absolute atomic E-state index is 0.122. The summed E-state index contributed by atoms with van der Waals surface area (Å²) in [6.07, 6.45) is 0. The predicted molar refractivity (Wildman–Crippen MR) is 112 cm³/mol. The standard InChI is InChI=1S/C19H20Cl2N2O2S/c1-11-4-5-14(8-12(11)2)22-18(24)13(3)10-26-19(25)23-15-6-7-16(20)17(21)9-15/h4-9,13H,10H2,1-3H3,(H,22,24)(H,23,25). The molecule has 2 aromatic carbocycles. The number of benzene rings is 2. The largest absolute Gasteiger partial charge is 0.326 e. The van der Waals surface area contributed by atoms with E-state index in [0.29, 0.717) is 21.5 Å². The van der Waals surface area contributed by atoms with Gasteiger partial charge in [-0.3, -0.25) is 9.59 Å². The van der Waals surface area contributed by atoms with Crippen molar-refractivity contribution in [1.29, 1.82) is 0 Å². The van der Waals surface area contributed by atoms with Crippen LogP contribution in [0.4, 0.5) is 16.2 Å². The topological polar surface area (TPSA) is 58.2 Å². The fourth-order valence-electron chi connectivity index (χ4n) is 2.09. The lowest BCUT2D eigenvalue weighted by molar-refractivity contribution is -0.118. The highest BCUT2D eigenvalue weighted by atomic mass is 35.5. The van der Waals surface area contributed by atoms with Gasteiger partial charge in [0.1, 0.15) is 0 Å². The van der Waals surface area contributed by atoms with Gasteiger partial charge in [0.2, 0.25) is 5.91 Å². The monoisotopic (exact) mass is 410 g/mol. The molecule has 2 N–H and O–H groups in total. The van der Waals surface area contributed by atoms with Gasteiger partial charge in [0.25, 0.3) is 5.24 Å². The van der Waals surface area contributed by atoms with E-state index >= 15 is 0 Å². The van der Waals surface area contributed by atoms with Crippen molar-refractivity contribution in [1.82, 2.24) is 0 Å². The predicted octanol–water partition coefficient (Wildman–Crippen LogP) is 6.15. The molecule has 0 heterocycles. The summed E-state index contributed by atoms with van der Waals surface area (Å²) in [6.45, 7) is 5.81. The van der Waals surface area contributed by atoms with E-state index in [1.807, 2.05) is 32.0 Å². The van der Waals surface area contributed by atoms with Gasteiger partial charge < -0.3 is 10.6 Å². The number of rotatable bonds is 5. The molecule has 2 aromatic rings. The fraction of sp³-hybridized carbons (Fsp3) is 0.263. The fourth-order valence-corrected chi connectivity index (χ4v) is 3.13. The maximum atomic E-state index is 12.3. The first-order valence-electron chi connectivity index (χ1n) is 8.03. The van der Waals surface area contributed by atoms with Gasteiger partial charge in [0.05, 0.1) is 10.0 Å². The minimum Gasteiger partial charge on any atom is -0.326 e. The number of aryl methyl sites for hydroxylation is 2. The maximum absolute atomic E-state index is 12.3. The molecule has 0 aliphatic heterocycles. The van der Waals surface area contributed by atoms with Crippen molar-refractivity contribution in [2.45, 2.75) is 20.8 Å². The first-order chi connectivity index (χ1) is 12.3. The summed E-state index contributed by atoms with van der Waals surface area (Å²) in [7, 11) is 0. The molecular formula is C19H20Cl2N2O2S. The number of carbonyl (C=O) groups excluding carboxylic acids is 2. The summed E-state index contributed by atoms with van der Waals surface area (Å²) < 4.78 is 0. The molecule has 1 atom stereocenters. The van der Waals surface area contributed by atoms with Gasteiger partial charge in [-0.25, -0.2) is 0 Å². The van der Waals surface area contributed by atoms with E-state index in [2.05, 4.69) is 10.6 Å². The van der Waals surface area contributed by atoms with Gasteiger partial charge in [0, 0.05) is 23.0 Å². The van der Waals surface area contributed by atoms with Crippen molar-refractivity contribution >= 4 is 57.5 Å². The molecule has 138 valence electrons. The zero-order valence-electron chi connectivity index (χ0n) is 14.7. The van der Waals surface area contributed by atoms with Crippen molar-refractivity contribution in [2.24, 2.45) is 5.92 Å². The van der Waals surface area contributed by atoms with Crippen molar-refractivity contribution < 1.29 is 9.59 Å². The average molecular weight is 411 g/mol. The first kappa shape index (κ1) is 20.6. The van der Waals surface area contributed by atoms with E-state index in [9.17, 15) is 9.59 Å². The highest BCUT2D eigenvalue weighted by Crippen LogP contribution is 2.26. The third kappa shape index (κ3) is 5.94. The van der Waals surface area contributed by atoms with E-state index in [0.717, 1.165) is 23.0 Å². The Kier molecular flexibility index (Phi) is 7.38. The second-order valence-electron chi connectivity index (χ2n) is 6.04. The SMILES string of the molecule is Cc1ccc(NC(=O)C(C)CSC(=O)Nc2ccc(Cl)c(Cl)c2)cc1C. The number of thioether (sulfide) groups is 1. The van der Waals surface area contributed by atoms with Crippen LogP contribution in [0.5, 0.6) is 0 Å². The van der Waals surface area contributed by atoms with Crippen LogP contribution in [-0.2, 0) is 4.79 Å². The highest BCUT2D eigenvalue weighted by molar-refractivity contribution is 8.13. The number of hydrogen-bond donors (Lipinski definition) is 2. The first-order valence-corrected chi connectivity index (χ1v) is 9.77. The normalized spacial score (nSPS) is 11.7. The molecule has 0 saturated heterocycles. The molecule has 26 heavy (non-hydrogen) atoms. The van der Waals surface area contributed by atoms with Crippen LogP contribution >= 0.6 is 35.0 Å². The third-order valence-electron chi connectivity index (χ3n) is 3.85. The van der Waals surface area contributed by atoms with E-state index in [1.165, 1.54) is 5.56 Å². The highest BCUT2D eigenvalue weighted by Gasteiger charge is 2.16. The Morgan fingerprint density at radius 3 is 2.27 bits per heavy atom. The lowest BCUT2D eigenvalue weighted by Gasteiger charge is -2.13. The van der Waals surface area contributed by atoms with Crippen LogP contribution < -0.4 is 10.6 Å². The Balaban J connectivity index is 1.83. The molecule has 0 spiro atoms. The third-order valence-corrected chi connectivity index (χ3v) is 5.62. The van der Waals surface area contributed by atoms with Crippen LogP contribution in [0.3, 0.4) is 0 Å². The zero-order chi connectivity index (χ0) is 19.3. The second kappa shape index (κ2) is 9.31. The van der Waals surface area contributed by atoms with Crippen LogP contribution in [0, 0.1) is 19.8 Å². The molecule has 1 unspecified atom stereocenters. The van der Waals surface area contributed by atoms with Gasteiger partial charge in [0.15, 0.2) is 0 Å². The summed E-state index contributed by atoms with van der Waals surface area (Å²) in [5, 5.41) is 6.14. The number of halogens is 2. The van der Waals surface area contributed by atoms with Gasteiger partial charge in [-0.15, -0.1) is 0 Å². The van der Waals surface area contributed by atoms with E-state index in [4.69, 9.17) is 23.2 Å². The summed E-state index contributed by atoms with van der Waals surface area (Å²) in [5.41, 5.74) is 3.61. The van der Waals surface area contributed by atoms with Crippen LogP contribution in [0.15, 0.2) is 36.4 Å². The smallest absolute Gasteiger partial charge is 0.283 e. The minimum atomic E-state index is -0.318. The Bertz CT molecular complexity index is 827. The van der Waals surface area contributed by atoms with Gasteiger partial charge in [-0.05, 0) is 55.3 Å². The van der Waals surface area contributed by atoms with E-state index in [1.54, 1.807) is 25.1 Å². The van der Waals surface area contributed by atoms with Crippen LogP contribution in [-0.4, -0.2) is 16.9 Å². The molecule has 0 bridgehead atoms. The number of nitrogens with one attached hydrogen (secondary N) is 2. The van der Waals surface area contributed by atoms with Gasteiger partial charge >= 0.3 is 0 Å². The molecule has 0 aromatic heterocycles. The van der Waals surface area contributed by atoms with Crippen LogP contribution in [0.2, 0.25) is 10.0 Å². The van der Waals surface area contributed by atoms with Gasteiger partial charge in [-0.1, -0.05) is 48.0 Å². The Labute approximate surface area is 167 Å². The quantitative estimate of drug-likeness (QED) is 0.620. The Morgan fingerprint density at radius 2 is 1.62 bits per heavy atom. The van der Waals surface area contributed by atoms with Crippen LogP contribution in [0.1, 0.15) is 18.1 Å². The number of amides is 2. The molecule has 0 aliphatic carbocycles. The zero-order valence-corrected chi connectivity index (χ0v) is 17.1. The Morgan fingerprint density at radius 1 is 0.962 bits per heavy atom. The van der Waals surface area contributed by atoms with Crippen LogP contribution in [0.25, 0.3) is 0 Å². The summed E-state index contributed by atoms with van der Waals surface area (Å²) in [5.74, 6) is -0.0756. The molecule has 0 saturated carbocycles. The molecule has 2 rings (SSSR count). The van der Waals surface area contributed by atoms with Gasteiger partial charge in [-0.2, -0.15) is 0 Å². The molecule has 7 heteroatoms. The van der Waals surface area contributed by atoms with Crippen molar-refractivity contribution in [2.75, 3.05) is 16.4 Å². The number of carbonyl (C=O) groups is 2. The molecule has 4 nitrogen and oxygen atoms in total. The summed E-state index contributed by atoms with van der Waals surface area (Å²) in [4.78, 5) is 24.3. The lowest BCUT2D eigenvalue weighted by Crippen LogP contribution is -2.23. The second-order valence-corrected chi connectivity index (χ2v) is 7.85.